The van der Waals surface area contributed by atoms with Crippen molar-refractivity contribution in [1.29, 1.82) is 0 Å². The number of allylic oxidation sites excluding steroid dienone is 1. The maximum absolute atomic E-state index is 12.3. The van der Waals surface area contributed by atoms with Crippen LogP contribution in [0.2, 0.25) is 0 Å². The van der Waals surface area contributed by atoms with Crippen molar-refractivity contribution in [3.8, 4) is 23.0 Å². The Morgan fingerprint density at radius 3 is 2.46 bits per heavy atom. The van der Waals surface area contributed by atoms with Gasteiger partial charge in [-0.2, -0.15) is 0 Å². The standard InChI is InChI=1S/C21H18N2O5/c24-18(5-1-14-2-6-19(25)21(27)11-14)17-4-3-16(12-20(17)26)28-13-23-15-7-9-22-10-8-15/h1-12,25-27H,13H2,(H,22,23)/b5-1+. The number of phenolic OH excluding ortho intramolecular Hbond substituents is 3. The molecule has 0 aliphatic rings. The second-order valence-corrected chi connectivity index (χ2v) is 5.83. The lowest BCUT2D eigenvalue weighted by Crippen LogP contribution is -2.08. The fraction of sp³-hybridized carbons (Fsp3) is 0.0476. The molecule has 0 saturated carbocycles. The Morgan fingerprint density at radius 1 is 0.964 bits per heavy atom. The van der Waals surface area contributed by atoms with Crippen LogP contribution in [0.3, 0.4) is 0 Å². The lowest BCUT2D eigenvalue weighted by atomic mass is 10.1. The molecular formula is C21H18N2O5. The number of aromatic nitrogens is 1. The largest absolute Gasteiger partial charge is 0.507 e. The summed E-state index contributed by atoms with van der Waals surface area (Å²) in [6.45, 7) is 0.182. The van der Waals surface area contributed by atoms with Crippen LogP contribution in [0.5, 0.6) is 23.0 Å². The van der Waals surface area contributed by atoms with Crippen molar-refractivity contribution < 1.29 is 24.9 Å². The number of carbonyl (C=O) groups excluding carboxylic acids is 1. The van der Waals surface area contributed by atoms with E-state index in [1.165, 1.54) is 36.4 Å². The molecule has 3 rings (SSSR count). The Labute approximate surface area is 161 Å². The van der Waals surface area contributed by atoms with Crippen molar-refractivity contribution in [2.45, 2.75) is 0 Å². The summed E-state index contributed by atoms with van der Waals surface area (Å²) in [5.74, 6) is -0.728. The summed E-state index contributed by atoms with van der Waals surface area (Å²) in [7, 11) is 0. The van der Waals surface area contributed by atoms with Crippen molar-refractivity contribution in [3.05, 3.63) is 78.1 Å². The molecular weight excluding hydrogens is 360 g/mol. The van der Waals surface area contributed by atoms with E-state index in [-0.39, 0.29) is 29.5 Å². The minimum Gasteiger partial charge on any atom is -0.507 e. The van der Waals surface area contributed by atoms with Crippen molar-refractivity contribution in [2.75, 3.05) is 12.0 Å². The van der Waals surface area contributed by atoms with Gasteiger partial charge in [0.1, 0.15) is 11.5 Å². The molecule has 0 aliphatic carbocycles. The Balaban J connectivity index is 1.61. The molecule has 0 radical (unpaired) electrons. The number of ether oxygens (including phenoxy) is 1. The van der Waals surface area contributed by atoms with E-state index in [4.69, 9.17) is 4.74 Å². The van der Waals surface area contributed by atoms with Crippen LogP contribution in [-0.2, 0) is 0 Å². The first-order chi connectivity index (χ1) is 13.5. The summed E-state index contributed by atoms with van der Waals surface area (Å²) in [4.78, 5) is 16.2. The molecule has 142 valence electrons. The first kappa shape index (κ1) is 18.8. The summed E-state index contributed by atoms with van der Waals surface area (Å²) in [5.41, 5.74) is 1.50. The number of phenols is 3. The molecule has 0 aliphatic heterocycles. The Bertz CT molecular complexity index is 1000. The molecule has 28 heavy (non-hydrogen) atoms. The van der Waals surface area contributed by atoms with Crippen LogP contribution in [0.1, 0.15) is 15.9 Å². The van der Waals surface area contributed by atoms with E-state index < -0.39 is 5.78 Å². The molecule has 0 unspecified atom stereocenters. The maximum atomic E-state index is 12.3. The molecule has 0 amide bonds. The van der Waals surface area contributed by atoms with Gasteiger partial charge in [-0.1, -0.05) is 12.1 Å². The van der Waals surface area contributed by atoms with Crippen molar-refractivity contribution in [3.63, 3.8) is 0 Å². The molecule has 4 N–H and O–H groups in total. The van der Waals surface area contributed by atoms with Crippen LogP contribution < -0.4 is 10.1 Å². The molecule has 0 bridgehead atoms. The van der Waals surface area contributed by atoms with Gasteiger partial charge in [0.05, 0.1) is 5.56 Å². The average Bonchev–Trinajstić information content (AvgIpc) is 2.69. The Hall–Kier alpha value is -4.00. The molecule has 0 fully saturated rings. The van der Waals surface area contributed by atoms with Gasteiger partial charge in [-0.3, -0.25) is 9.78 Å². The number of carbonyl (C=O) groups is 1. The van der Waals surface area contributed by atoms with E-state index in [1.54, 1.807) is 36.7 Å². The van der Waals surface area contributed by atoms with E-state index >= 15 is 0 Å². The van der Waals surface area contributed by atoms with Gasteiger partial charge in [0.15, 0.2) is 24.0 Å². The zero-order chi connectivity index (χ0) is 19.9. The van der Waals surface area contributed by atoms with Crippen molar-refractivity contribution in [1.82, 2.24) is 4.98 Å². The normalized spacial score (nSPS) is 10.7. The number of hydrogen-bond acceptors (Lipinski definition) is 7. The Morgan fingerprint density at radius 2 is 1.75 bits per heavy atom. The summed E-state index contributed by atoms with van der Waals surface area (Å²) >= 11 is 0. The minimum absolute atomic E-state index is 0.119. The van der Waals surface area contributed by atoms with Gasteiger partial charge >= 0.3 is 0 Å². The quantitative estimate of drug-likeness (QED) is 0.215. The average molecular weight is 378 g/mol. The predicted octanol–water partition coefficient (Wildman–Crippen LogP) is 3.54. The van der Waals surface area contributed by atoms with Gasteiger partial charge in [-0.05, 0) is 48.0 Å². The lowest BCUT2D eigenvalue weighted by molar-refractivity contribution is 0.104. The zero-order valence-electron chi connectivity index (χ0n) is 14.7. The molecule has 2 aromatic carbocycles. The third kappa shape index (κ3) is 4.79. The second kappa shape index (κ2) is 8.59. The van der Waals surface area contributed by atoms with E-state index in [0.717, 1.165) is 5.69 Å². The molecule has 7 nitrogen and oxygen atoms in total. The number of ketones is 1. The fourth-order valence-corrected chi connectivity index (χ4v) is 2.39. The van der Waals surface area contributed by atoms with Crippen LogP contribution in [0.15, 0.2) is 67.0 Å². The van der Waals surface area contributed by atoms with E-state index in [2.05, 4.69) is 10.3 Å². The molecule has 1 heterocycles. The number of aromatic hydroxyl groups is 3. The summed E-state index contributed by atoms with van der Waals surface area (Å²) in [5, 5.41) is 31.9. The number of nitrogens with one attached hydrogen (secondary N) is 1. The highest BCUT2D eigenvalue weighted by Crippen LogP contribution is 2.27. The first-order valence-corrected chi connectivity index (χ1v) is 8.37. The molecule has 0 saturated heterocycles. The second-order valence-electron chi connectivity index (χ2n) is 5.83. The van der Waals surface area contributed by atoms with Gasteiger partial charge in [-0.15, -0.1) is 0 Å². The molecule has 7 heteroatoms. The van der Waals surface area contributed by atoms with Crippen LogP contribution in [0.25, 0.3) is 6.08 Å². The number of rotatable bonds is 7. The van der Waals surface area contributed by atoms with Crippen molar-refractivity contribution in [2.24, 2.45) is 0 Å². The number of anilines is 1. The third-order valence-electron chi connectivity index (χ3n) is 3.86. The number of nitrogens with zero attached hydrogens (tertiary/aromatic N) is 1. The van der Waals surface area contributed by atoms with Crippen LogP contribution >= 0.6 is 0 Å². The monoisotopic (exact) mass is 378 g/mol. The smallest absolute Gasteiger partial charge is 0.189 e. The summed E-state index contributed by atoms with van der Waals surface area (Å²) in [6.07, 6.45) is 6.06. The van der Waals surface area contributed by atoms with Gasteiger partial charge in [0, 0.05) is 24.1 Å². The first-order valence-electron chi connectivity index (χ1n) is 8.37. The third-order valence-corrected chi connectivity index (χ3v) is 3.86. The summed E-state index contributed by atoms with van der Waals surface area (Å²) in [6, 6.07) is 12.2. The zero-order valence-corrected chi connectivity index (χ0v) is 14.7. The molecule has 1 aromatic heterocycles. The maximum Gasteiger partial charge on any atom is 0.189 e. The highest BCUT2D eigenvalue weighted by atomic mass is 16.5. The van der Waals surface area contributed by atoms with E-state index in [0.29, 0.717) is 11.3 Å². The highest BCUT2D eigenvalue weighted by molar-refractivity contribution is 6.08. The van der Waals surface area contributed by atoms with Crippen LogP contribution in [0.4, 0.5) is 5.69 Å². The predicted molar refractivity (Wildman–Crippen MR) is 105 cm³/mol. The van der Waals surface area contributed by atoms with Crippen molar-refractivity contribution >= 4 is 17.5 Å². The highest BCUT2D eigenvalue weighted by Gasteiger charge is 2.10. The number of hydrogen-bond donors (Lipinski definition) is 4. The van der Waals surface area contributed by atoms with Gasteiger partial charge in [0.25, 0.3) is 0 Å². The van der Waals surface area contributed by atoms with E-state index in [1.807, 2.05) is 0 Å². The lowest BCUT2D eigenvalue weighted by Gasteiger charge is -2.10. The molecule has 0 atom stereocenters. The van der Waals surface area contributed by atoms with Gasteiger partial charge < -0.3 is 25.4 Å². The van der Waals surface area contributed by atoms with Gasteiger partial charge in [0.2, 0.25) is 0 Å². The topological polar surface area (TPSA) is 112 Å². The molecule has 0 spiro atoms. The summed E-state index contributed by atoms with van der Waals surface area (Å²) < 4.78 is 5.51. The van der Waals surface area contributed by atoms with Crippen LogP contribution in [-0.4, -0.2) is 32.8 Å². The SMILES string of the molecule is O=C(/C=C/c1ccc(O)c(O)c1)c1ccc(OCNc2ccncc2)cc1O. The number of pyridine rings is 1. The van der Waals surface area contributed by atoms with E-state index in [9.17, 15) is 20.1 Å². The van der Waals surface area contributed by atoms with Crippen LogP contribution in [0, 0.1) is 0 Å². The number of benzene rings is 2. The minimum atomic E-state index is -0.411. The Kier molecular flexibility index (Phi) is 5.76. The fourth-order valence-electron chi connectivity index (χ4n) is 2.39. The van der Waals surface area contributed by atoms with Gasteiger partial charge in [-0.25, -0.2) is 0 Å². The molecule has 3 aromatic rings.